The number of rotatable bonds is 12. The molecule has 36 heavy (non-hydrogen) atoms. The van der Waals surface area contributed by atoms with Gasteiger partial charge >= 0.3 is 6.09 Å². The molecular formula is C30H36N2O4. The van der Waals surface area contributed by atoms with Crippen molar-refractivity contribution < 1.29 is 19.4 Å². The minimum Gasteiger partial charge on any atom is -0.445 e. The number of ether oxygens (including phenoxy) is 1. The van der Waals surface area contributed by atoms with Crippen LogP contribution in [-0.4, -0.2) is 34.8 Å². The zero-order valence-electron chi connectivity index (χ0n) is 21.0. The van der Waals surface area contributed by atoms with Gasteiger partial charge in [0.15, 0.2) is 0 Å². The molecule has 3 aromatic carbocycles. The molecule has 0 unspecified atom stereocenters. The third kappa shape index (κ3) is 7.95. The second-order valence-electron chi connectivity index (χ2n) is 9.01. The highest BCUT2D eigenvalue weighted by atomic mass is 16.5. The summed E-state index contributed by atoms with van der Waals surface area (Å²) in [4.78, 5) is 26.2. The molecule has 3 rings (SSSR count). The third-order valence-corrected chi connectivity index (χ3v) is 6.58. The Balaban J connectivity index is 1.76. The van der Waals surface area contributed by atoms with Crippen LogP contribution in [0.15, 0.2) is 91.0 Å². The van der Waals surface area contributed by atoms with Gasteiger partial charge in [-0.3, -0.25) is 4.79 Å². The number of amides is 2. The number of nitrogens with one attached hydrogen (secondary N) is 2. The van der Waals surface area contributed by atoms with Crippen LogP contribution in [0.3, 0.4) is 0 Å². The first-order valence-corrected chi connectivity index (χ1v) is 12.5. The van der Waals surface area contributed by atoms with Gasteiger partial charge in [-0.25, -0.2) is 4.79 Å². The van der Waals surface area contributed by atoms with Crippen LogP contribution in [0, 0.1) is 0 Å². The van der Waals surface area contributed by atoms with E-state index in [2.05, 4.69) is 10.6 Å². The summed E-state index contributed by atoms with van der Waals surface area (Å²) in [6.07, 6.45) is 1.06. The zero-order chi connectivity index (χ0) is 25.8. The number of benzene rings is 3. The highest BCUT2D eigenvalue weighted by Crippen LogP contribution is 2.23. The van der Waals surface area contributed by atoms with Crippen LogP contribution in [0.5, 0.6) is 0 Å². The Morgan fingerprint density at radius 2 is 1.22 bits per heavy atom. The highest BCUT2D eigenvalue weighted by molar-refractivity contribution is 5.86. The monoisotopic (exact) mass is 488 g/mol. The molecule has 0 saturated heterocycles. The number of hydrogen-bond acceptors (Lipinski definition) is 4. The fourth-order valence-electron chi connectivity index (χ4n) is 4.21. The molecule has 2 amide bonds. The van der Waals surface area contributed by atoms with Gasteiger partial charge in [0.2, 0.25) is 5.91 Å². The van der Waals surface area contributed by atoms with Crippen LogP contribution >= 0.6 is 0 Å². The maximum Gasteiger partial charge on any atom is 0.408 e. The lowest BCUT2D eigenvalue weighted by molar-refractivity contribution is -0.126. The van der Waals surface area contributed by atoms with Crippen molar-refractivity contribution in [2.24, 2.45) is 0 Å². The van der Waals surface area contributed by atoms with Crippen molar-refractivity contribution in [3.8, 4) is 0 Å². The van der Waals surface area contributed by atoms with Crippen molar-refractivity contribution in [2.75, 3.05) is 0 Å². The highest BCUT2D eigenvalue weighted by Gasteiger charge is 2.36. The molecule has 6 heteroatoms. The number of alkyl carbamates (subject to hydrolysis) is 1. The SMILES string of the molecule is CCC(O)(CC)[C@H](Cc1ccccc1)NC(=O)[C@H](Cc1ccccc1)NC(=O)OCc1ccccc1. The van der Waals surface area contributed by atoms with Crippen molar-refractivity contribution in [1.29, 1.82) is 0 Å². The van der Waals surface area contributed by atoms with E-state index in [1.165, 1.54) is 0 Å². The van der Waals surface area contributed by atoms with Crippen LogP contribution in [0.4, 0.5) is 4.79 Å². The number of hydrogen-bond donors (Lipinski definition) is 3. The van der Waals surface area contributed by atoms with E-state index in [-0.39, 0.29) is 12.5 Å². The predicted molar refractivity (Wildman–Crippen MR) is 141 cm³/mol. The molecule has 0 aliphatic rings. The first-order valence-electron chi connectivity index (χ1n) is 12.5. The Bertz CT molecular complexity index is 1070. The first-order chi connectivity index (χ1) is 17.4. The standard InChI is InChI=1S/C30H36N2O4/c1-3-30(35,4-2)27(21-24-16-10-6-11-17-24)32-28(33)26(20-23-14-8-5-9-15-23)31-29(34)36-22-25-18-12-7-13-19-25/h5-19,26-27,35H,3-4,20-22H2,1-2H3,(H,31,34)(H,32,33)/t26-,27-/m0/s1. The lowest BCUT2D eigenvalue weighted by Gasteiger charge is -2.36. The molecule has 0 aliphatic heterocycles. The second kappa shape index (κ2) is 13.4. The molecule has 0 radical (unpaired) electrons. The molecule has 0 aromatic heterocycles. The molecule has 0 heterocycles. The summed E-state index contributed by atoms with van der Waals surface area (Å²) >= 11 is 0. The van der Waals surface area contributed by atoms with Crippen LogP contribution in [0.1, 0.15) is 43.4 Å². The van der Waals surface area contributed by atoms with E-state index in [4.69, 9.17) is 4.74 Å². The molecule has 190 valence electrons. The smallest absolute Gasteiger partial charge is 0.408 e. The van der Waals surface area contributed by atoms with Crippen LogP contribution < -0.4 is 10.6 Å². The zero-order valence-corrected chi connectivity index (χ0v) is 21.0. The van der Waals surface area contributed by atoms with E-state index < -0.39 is 23.8 Å². The third-order valence-electron chi connectivity index (χ3n) is 6.58. The summed E-state index contributed by atoms with van der Waals surface area (Å²) in [6.45, 7) is 3.93. The largest absolute Gasteiger partial charge is 0.445 e. The molecule has 6 nitrogen and oxygen atoms in total. The fraction of sp³-hybridized carbons (Fsp3) is 0.333. The van der Waals surface area contributed by atoms with Crippen LogP contribution in [0.25, 0.3) is 0 Å². The Morgan fingerprint density at radius 1 is 0.750 bits per heavy atom. The molecule has 0 aliphatic carbocycles. The summed E-state index contributed by atoms with van der Waals surface area (Å²) in [7, 11) is 0. The van der Waals surface area contributed by atoms with E-state index in [1.54, 1.807) is 0 Å². The molecule has 0 fully saturated rings. The van der Waals surface area contributed by atoms with Gasteiger partial charge in [-0.1, -0.05) is 105 Å². The van der Waals surface area contributed by atoms with Gasteiger partial charge in [-0.05, 0) is 36.0 Å². The van der Waals surface area contributed by atoms with Crippen LogP contribution in [-0.2, 0) is 29.0 Å². The minimum absolute atomic E-state index is 0.106. The van der Waals surface area contributed by atoms with E-state index >= 15 is 0 Å². The van der Waals surface area contributed by atoms with Crippen molar-refractivity contribution in [2.45, 2.75) is 63.8 Å². The lowest BCUT2D eigenvalue weighted by Crippen LogP contribution is -2.58. The quantitative estimate of drug-likeness (QED) is 0.342. The number of carbonyl (C=O) groups excluding carboxylic acids is 2. The van der Waals surface area contributed by atoms with Crippen LogP contribution in [0.2, 0.25) is 0 Å². The van der Waals surface area contributed by atoms with Gasteiger partial charge in [-0.2, -0.15) is 0 Å². The van der Waals surface area contributed by atoms with Gasteiger partial charge in [0.1, 0.15) is 12.6 Å². The van der Waals surface area contributed by atoms with Crippen molar-refractivity contribution in [3.05, 3.63) is 108 Å². The molecule has 0 saturated carbocycles. The Kier molecular flexibility index (Phi) is 10.1. The van der Waals surface area contributed by atoms with Crippen molar-refractivity contribution in [3.63, 3.8) is 0 Å². The second-order valence-corrected chi connectivity index (χ2v) is 9.01. The topological polar surface area (TPSA) is 87.7 Å². The van der Waals surface area contributed by atoms with Gasteiger partial charge in [-0.15, -0.1) is 0 Å². The Labute approximate surface area is 213 Å². The van der Waals surface area contributed by atoms with E-state index in [9.17, 15) is 14.7 Å². The summed E-state index contributed by atoms with van der Waals surface area (Å²) in [5.74, 6) is -0.364. The normalized spacial score (nSPS) is 12.9. The fourth-order valence-corrected chi connectivity index (χ4v) is 4.21. The molecule has 3 N–H and O–H groups in total. The Hall–Kier alpha value is -3.64. The average Bonchev–Trinajstić information content (AvgIpc) is 2.92. The molecule has 0 spiro atoms. The number of carbonyl (C=O) groups is 2. The van der Waals surface area contributed by atoms with Crippen molar-refractivity contribution in [1.82, 2.24) is 10.6 Å². The molecule has 3 aromatic rings. The van der Waals surface area contributed by atoms with E-state index in [1.807, 2.05) is 105 Å². The molecule has 0 bridgehead atoms. The van der Waals surface area contributed by atoms with Crippen molar-refractivity contribution >= 4 is 12.0 Å². The van der Waals surface area contributed by atoms with Gasteiger partial charge in [0.05, 0.1) is 11.6 Å². The Morgan fingerprint density at radius 3 is 1.72 bits per heavy atom. The summed E-state index contributed by atoms with van der Waals surface area (Å²) in [5.41, 5.74) is 1.69. The predicted octanol–water partition coefficient (Wildman–Crippen LogP) is 4.80. The van der Waals surface area contributed by atoms with Gasteiger partial charge in [0, 0.05) is 6.42 Å². The number of aliphatic hydroxyl groups is 1. The average molecular weight is 489 g/mol. The molecule has 2 atom stereocenters. The molecular weight excluding hydrogens is 452 g/mol. The van der Waals surface area contributed by atoms with E-state index in [0.717, 1.165) is 16.7 Å². The summed E-state index contributed by atoms with van der Waals surface area (Å²) < 4.78 is 5.38. The lowest BCUT2D eigenvalue weighted by atomic mass is 9.84. The summed E-state index contributed by atoms with van der Waals surface area (Å²) in [6, 6.07) is 27.2. The summed E-state index contributed by atoms with van der Waals surface area (Å²) in [5, 5.41) is 17.1. The van der Waals surface area contributed by atoms with Gasteiger partial charge < -0.3 is 20.5 Å². The minimum atomic E-state index is -1.09. The first kappa shape index (κ1) is 27.0. The maximum absolute atomic E-state index is 13.5. The maximum atomic E-state index is 13.5. The van der Waals surface area contributed by atoms with E-state index in [0.29, 0.717) is 25.7 Å². The van der Waals surface area contributed by atoms with Gasteiger partial charge in [0.25, 0.3) is 0 Å².